The molecule has 1 heterocycles. The molecule has 3 nitrogen and oxygen atoms in total. The third-order valence-corrected chi connectivity index (χ3v) is 5.17. The third kappa shape index (κ3) is 5.00. The number of hydrogen-bond donors (Lipinski definition) is 1. The summed E-state index contributed by atoms with van der Waals surface area (Å²) in [6.45, 7) is 6.60. The van der Waals surface area contributed by atoms with Crippen LogP contribution in [0.5, 0.6) is 0 Å². The topological polar surface area (TPSA) is 32.3 Å². The van der Waals surface area contributed by atoms with Gasteiger partial charge in [0.1, 0.15) is 4.32 Å². The summed E-state index contributed by atoms with van der Waals surface area (Å²) in [6, 6.07) is 8.20. The van der Waals surface area contributed by atoms with Crippen LogP contribution in [0.1, 0.15) is 30.9 Å². The first-order chi connectivity index (χ1) is 10.1. The number of carbonyl (C=O) groups excluding carboxylic acids is 1. The molecular weight excluding hydrogens is 300 g/mol. The van der Waals surface area contributed by atoms with E-state index in [9.17, 15) is 4.79 Å². The van der Waals surface area contributed by atoms with Gasteiger partial charge in [-0.2, -0.15) is 0 Å². The second-order valence-corrected chi connectivity index (χ2v) is 7.40. The van der Waals surface area contributed by atoms with Crippen molar-refractivity contribution >= 4 is 34.2 Å². The molecular formula is C16H22N2OS2. The zero-order chi connectivity index (χ0) is 15.2. The van der Waals surface area contributed by atoms with Crippen molar-refractivity contribution < 1.29 is 4.79 Å². The Labute approximate surface area is 136 Å². The average molecular weight is 322 g/mol. The van der Waals surface area contributed by atoms with E-state index < -0.39 is 0 Å². The maximum atomic E-state index is 12.1. The van der Waals surface area contributed by atoms with Crippen LogP contribution in [0.15, 0.2) is 24.3 Å². The van der Waals surface area contributed by atoms with Crippen LogP contribution in [0.2, 0.25) is 0 Å². The number of nitrogens with one attached hydrogen (secondary N) is 1. The summed E-state index contributed by atoms with van der Waals surface area (Å²) in [7, 11) is 0. The molecule has 0 radical (unpaired) electrons. The summed E-state index contributed by atoms with van der Waals surface area (Å²) in [5.41, 5.74) is 2.35. The van der Waals surface area contributed by atoms with Crippen molar-refractivity contribution in [3.8, 4) is 0 Å². The van der Waals surface area contributed by atoms with E-state index in [1.165, 1.54) is 30.2 Å². The van der Waals surface area contributed by atoms with Crippen LogP contribution in [0.4, 0.5) is 0 Å². The van der Waals surface area contributed by atoms with E-state index in [4.69, 9.17) is 12.2 Å². The highest BCUT2D eigenvalue weighted by Gasteiger charge is 2.21. The Morgan fingerprint density at radius 2 is 1.95 bits per heavy atom. The van der Waals surface area contributed by atoms with Gasteiger partial charge in [0, 0.05) is 19.6 Å². The lowest BCUT2D eigenvalue weighted by atomic mass is 10.1. The van der Waals surface area contributed by atoms with Crippen LogP contribution in [0.3, 0.4) is 0 Å². The molecule has 0 spiro atoms. The van der Waals surface area contributed by atoms with Gasteiger partial charge in [0.2, 0.25) is 5.91 Å². The van der Waals surface area contributed by atoms with Crippen LogP contribution in [0.25, 0.3) is 0 Å². The third-order valence-electron chi connectivity index (χ3n) is 3.60. The number of amides is 1. The lowest BCUT2D eigenvalue weighted by molar-refractivity contribution is -0.120. The Hall–Kier alpha value is -1.07. The molecule has 1 N–H and O–H groups in total. The first-order valence-corrected chi connectivity index (χ1v) is 8.64. The van der Waals surface area contributed by atoms with Crippen LogP contribution in [-0.2, 0) is 11.3 Å². The minimum atomic E-state index is -0.149. The van der Waals surface area contributed by atoms with E-state index in [1.54, 1.807) is 0 Å². The number of thioether (sulfide) groups is 1. The molecule has 5 heteroatoms. The molecule has 1 aromatic carbocycles. The molecule has 21 heavy (non-hydrogen) atoms. The fourth-order valence-corrected chi connectivity index (χ4v) is 3.66. The van der Waals surface area contributed by atoms with Crippen LogP contribution >= 0.6 is 24.0 Å². The molecule has 114 valence electrons. The lowest BCUT2D eigenvalue weighted by Crippen LogP contribution is -2.33. The molecule has 0 saturated carbocycles. The summed E-state index contributed by atoms with van der Waals surface area (Å²) in [6.07, 6.45) is 2.41. The Morgan fingerprint density at radius 1 is 1.33 bits per heavy atom. The highest BCUT2D eigenvalue weighted by Crippen LogP contribution is 2.20. The van der Waals surface area contributed by atoms with E-state index in [-0.39, 0.29) is 11.2 Å². The molecule has 0 bridgehead atoms. The van der Waals surface area contributed by atoms with Crippen molar-refractivity contribution in [3.05, 3.63) is 35.4 Å². The molecule has 1 amide bonds. The molecule has 1 aromatic rings. The van der Waals surface area contributed by atoms with Gasteiger partial charge in [0.15, 0.2) is 0 Å². The maximum Gasteiger partial charge on any atom is 0.233 e. The SMILES string of the molecule is Cc1ccc(CNC(=O)[C@@H](C)SC(=S)N2CCCC2)cc1. The fraction of sp³-hybridized carbons (Fsp3) is 0.500. The van der Waals surface area contributed by atoms with Gasteiger partial charge >= 0.3 is 0 Å². The van der Waals surface area contributed by atoms with Crippen LogP contribution in [-0.4, -0.2) is 33.5 Å². The minimum Gasteiger partial charge on any atom is -0.358 e. The Morgan fingerprint density at radius 3 is 2.57 bits per heavy atom. The summed E-state index contributed by atoms with van der Waals surface area (Å²) in [4.78, 5) is 14.3. The molecule has 2 rings (SSSR count). The zero-order valence-corrected chi connectivity index (χ0v) is 14.2. The normalized spacial score (nSPS) is 15.8. The molecule has 1 saturated heterocycles. The molecule has 1 aliphatic heterocycles. The van der Waals surface area contributed by atoms with E-state index in [0.29, 0.717) is 6.54 Å². The number of nitrogens with zero attached hydrogens (tertiary/aromatic N) is 1. The first-order valence-electron chi connectivity index (χ1n) is 7.35. The second-order valence-electron chi connectivity index (χ2n) is 5.42. The van der Waals surface area contributed by atoms with E-state index in [0.717, 1.165) is 23.0 Å². The Kier molecular flexibility index (Phi) is 6.06. The minimum absolute atomic E-state index is 0.0436. The average Bonchev–Trinajstić information content (AvgIpc) is 3.00. The fourth-order valence-electron chi connectivity index (χ4n) is 2.22. The number of rotatable bonds is 4. The molecule has 1 fully saturated rings. The van der Waals surface area contributed by atoms with Crippen molar-refractivity contribution in [1.29, 1.82) is 0 Å². The van der Waals surface area contributed by atoms with Crippen molar-refractivity contribution in [2.45, 2.75) is 38.5 Å². The number of likely N-dealkylation sites (tertiary alicyclic amines) is 1. The standard InChI is InChI=1S/C16H22N2OS2/c1-12-5-7-14(8-6-12)11-17-15(19)13(2)21-16(20)18-9-3-4-10-18/h5-8,13H,3-4,9-11H2,1-2H3,(H,17,19)/t13-/m1/s1. The Balaban J connectivity index is 1.76. The molecule has 1 aliphatic rings. The van der Waals surface area contributed by atoms with Gasteiger partial charge in [-0.3, -0.25) is 4.79 Å². The predicted molar refractivity (Wildman–Crippen MR) is 93.5 cm³/mol. The molecule has 0 aromatic heterocycles. The van der Waals surface area contributed by atoms with Gasteiger partial charge in [-0.15, -0.1) is 0 Å². The van der Waals surface area contributed by atoms with Gasteiger partial charge in [-0.25, -0.2) is 0 Å². The summed E-state index contributed by atoms with van der Waals surface area (Å²) < 4.78 is 0.852. The second kappa shape index (κ2) is 7.80. The zero-order valence-electron chi connectivity index (χ0n) is 12.6. The van der Waals surface area contributed by atoms with Gasteiger partial charge in [-0.1, -0.05) is 53.8 Å². The van der Waals surface area contributed by atoms with Crippen LogP contribution < -0.4 is 5.32 Å². The summed E-state index contributed by atoms with van der Waals surface area (Å²) in [5, 5.41) is 2.83. The largest absolute Gasteiger partial charge is 0.358 e. The monoisotopic (exact) mass is 322 g/mol. The molecule has 0 unspecified atom stereocenters. The van der Waals surface area contributed by atoms with Crippen molar-refractivity contribution in [1.82, 2.24) is 10.2 Å². The molecule has 0 aliphatic carbocycles. The Bertz CT molecular complexity index is 496. The number of carbonyl (C=O) groups is 1. The number of aryl methyl sites for hydroxylation is 1. The van der Waals surface area contributed by atoms with Crippen molar-refractivity contribution in [3.63, 3.8) is 0 Å². The van der Waals surface area contributed by atoms with Gasteiger partial charge in [0.05, 0.1) is 5.25 Å². The lowest BCUT2D eigenvalue weighted by Gasteiger charge is -2.20. The van der Waals surface area contributed by atoms with Crippen molar-refractivity contribution in [2.75, 3.05) is 13.1 Å². The van der Waals surface area contributed by atoms with Gasteiger partial charge in [-0.05, 0) is 32.3 Å². The highest BCUT2D eigenvalue weighted by atomic mass is 32.2. The number of hydrogen-bond acceptors (Lipinski definition) is 3. The number of thiocarbonyl (C=S) groups is 1. The number of benzene rings is 1. The maximum absolute atomic E-state index is 12.1. The predicted octanol–water partition coefficient (Wildman–Crippen LogP) is 3.11. The summed E-state index contributed by atoms with van der Waals surface area (Å²) >= 11 is 6.90. The van der Waals surface area contributed by atoms with Crippen molar-refractivity contribution in [2.24, 2.45) is 0 Å². The van der Waals surface area contributed by atoms with E-state index in [2.05, 4.69) is 29.3 Å². The van der Waals surface area contributed by atoms with Gasteiger partial charge < -0.3 is 10.2 Å². The quantitative estimate of drug-likeness (QED) is 0.863. The molecule has 1 atom stereocenters. The first kappa shape index (κ1) is 16.3. The summed E-state index contributed by atoms with van der Waals surface area (Å²) in [5.74, 6) is 0.0436. The van der Waals surface area contributed by atoms with Crippen LogP contribution in [0, 0.1) is 6.92 Å². The van der Waals surface area contributed by atoms with E-state index >= 15 is 0 Å². The highest BCUT2D eigenvalue weighted by molar-refractivity contribution is 8.23. The smallest absolute Gasteiger partial charge is 0.233 e. The van der Waals surface area contributed by atoms with E-state index in [1.807, 2.05) is 19.1 Å². The van der Waals surface area contributed by atoms with Gasteiger partial charge in [0.25, 0.3) is 0 Å².